The van der Waals surface area contributed by atoms with Crippen molar-refractivity contribution in [3.8, 4) is 0 Å². The summed E-state index contributed by atoms with van der Waals surface area (Å²) in [6.45, 7) is 6.25. The molecule has 0 saturated carbocycles. The summed E-state index contributed by atoms with van der Waals surface area (Å²) in [6, 6.07) is 0. The molecule has 0 atom stereocenters. The number of hydrogen-bond donors (Lipinski definition) is 1. The predicted molar refractivity (Wildman–Crippen MR) is 68.4 cm³/mol. The minimum absolute atomic E-state index is 0.0822. The minimum atomic E-state index is -0.0822. The fourth-order valence-corrected chi connectivity index (χ4v) is 2.20. The van der Waals surface area contributed by atoms with Crippen LogP contribution in [0.2, 0.25) is 0 Å². The molecule has 0 aliphatic heterocycles. The molecule has 0 aliphatic carbocycles. The molecule has 1 heterocycles. The molecule has 0 bridgehead atoms. The summed E-state index contributed by atoms with van der Waals surface area (Å²) in [7, 11) is 0. The molecule has 3 nitrogen and oxygen atoms in total. The van der Waals surface area contributed by atoms with E-state index in [1.54, 1.807) is 11.8 Å². The van der Waals surface area contributed by atoms with E-state index in [2.05, 4.69) is 39.7 Å². The Morgan fingerprint density at radius 1 is 1.53 bits per heavy atom. The van der Waals surface area contributed by atoms with Gasteiger partial charge < -0.3 is 4.98 Å². The Morgan fingerprint density at radius 3 is 2.73 bits per heavy atom. The highest BCUT2D eigenvalue weighted by atomic mass is 79.9. The van der Waals surface area contributed by atoms with Gasteiger partial charge in [0.1, 0.15) is 10.3 Å². The highest BCUT2D eigenvalue weighted by molar-refractivity contribution is 9.10. The van der Waals surface area contributed by atoms with E-state index in [4.69, 9.17) is 0 Å². The lowest BCUT2D eigenvalue weighted by Crippen LogP contribution is -2.15. The lowest BCUT2D eigenvalue weighted by molar-refractivity contribution is 0.904. The molecule has 0 aromatic carbocycles. The number of hydrogen-bond acceptors (Lipinski definition) is 3. The molecular weight excluding hydrogens is 276 g/mol. The Hall–Kier alpha value is -0.290. The van der Waals surface area contributed by atoms with Crippen molar-refractivity contribution in [3.05, 3.63) is 26.3 Å². The second-order valence-corrected chi connectivity index (χ2v) is 5.84. The maximum atomic E-state index is 11.5. The summed E-state index contributed by atoms with van der Waals surface area (Å²) >= 11 is 5.01. The number of nitrogens with zero attached hydrogens (tertiary/aromatic N) is 1. The fraction of sp³-hybridized carbons (Fsp3) is 0.600. The van der Waals surface area contributed by atoms with E-state index in [0.717, 1.165) is 23.7 Å². The van der Waals surface area contributed by atoms with Crippen LogP contribution in [0.3, 0.4) is 0 Å². The number of halogens is 1. The van der Waals surface area contributed by atoms with Crippen molar-refractivity contribution in [3.63, 3.8) is 0 Å². The van der Waals surface area contributed by atoms with Gasteiger partial charge >= 0.3 is 0 Å². The lowest BCUT2D eigenvalue weighted by Gasteiger charge is -2.06. The topological polar surface area (TPSA) is 45.8 Å². The van der Waals surface area contributed by atoms with Gasteiger partial charge in [-0.05, 0) is 27.6 Å². The molecule has 1 aromatic heterocycles. The first-order chi connectivity index (χ1) is 7.04. The molecule has 0 fully saturated rings. The quantitative estimate of drug-likeness (QED) is 0.927. The Morgan fingerprint density at radius 2 is 2.20 bits per heavy atom. The van der Waals surface area contributed by atoms with Gasteiger partial charge in [0, 0.05) is 0 Å². The van der Waals surface area contributed by atoms with Crippen LogP contribution in [-0.4, -0.2) is 15.2 Å². The fourth-order valence-electron chi connectivity index (χ4n) is 1.11. The van der Waals surface area contributed by atoms with Crippen LogP contribution in [-0.2, 0) is 12.2 Å². The van der Waals surface area contributed by atoms with Gasteiger partial charge in [-0.15, -0.1) is 0 Å². The minimum Gasteiger partial charge on any atom is -0.309 e. The van der Waals surface area contributed by atoms with E-state index in [0.29, 0.717) is 9.72 Å². The van der Waals surface area contributed by atoms with Crippen molar-refractivity contribution < 1.29 is 0 Å². The van der Waals surface area contributed by atoms with E-state index in [-0.39, 0.29) is 5.56 Å². The molecule has 0 spiro atoms. The number of nitrogens with one attached hydrogen (secondary N) is 1. The standard InChI is InChI=1S/C10H15BrN2OS/c1-4-7-9(11)10(14)13-8(12-7)5-15-6(2)3/h6H,4-5H2,1-3H3,(H,12,13,14). The van der Waals surface area contributed by atoms with Gasteiger partial charge in [-0.25, -0.2) is 4.98 Å². The Kier molecular flexibility index (Phi) is 4.86. The number of rotatable bonds is 4. The molecule has 0 amide bonds. The van der Waals surface area contributed by atoms with E-state index in [9.17, 15) is 4.79 Å². The molecule has 0 saturated heterocycles. The van der Waals surface area contributed by atoms with E-state index in [1.807, 2.05) is 6.92 Å². The zero-order chi connectivity index (χ0) is 11.4. The number of aryl methyl sites for hydroxylation is 1. The molecule has 1 N–H and O–H groups in total. The van der Waals surface area contributed by atoms with E-state index in [1.165, 1.54) is 0 Å². The number of H-pyrrole nitrogens is 1. The third-order valence-electron chi connectivity index (χ3n) is 1.87. The van der Waals surface area contributed by atoms with Gasteiger partial charge in [0.2, 0.25) is 0 Å². The van der Waals surface area contributed by atoms with E-state index >= 15 is 0 Å². The highest BCUT2D eigenvalue weighted by Crippen LogP contribution is 2.16. The van der Waals surface area contributed by atoms with Crippen LogP contribution in [0.15, 0.2) is 9.27 Å². The van der Waals surface area contributed by atoms with Crippen molar-refractivity contribution in [2.45, 2.75) is 38.2 Å². The third-order valence-corrected chi connectivity index (χ3v) is 3.79. The van der Waals surface area contributed by atoms with Crippen LogP contribution >= 0.6 is 27.7 Å². The molecule has 0 unspecified atom stereocenters. The van der Waals surface area contributed by atoms with Crippen molar-refractivity contribution in [1.29, 1.82) is 0 Å². The SMILES string of the molecule is CCc1nc(CSC(C)C)[nH]c(=O)c1Br. The van der Waals surface area contributed by atoms with Crippen molar-refractivity contribution in [1.82, 2.24) is 9.97 Å². The third kappa shape index (κ3) is 3.65. The van der Waals surface area contributed by atoms with Crippen molar-refractivity contribution in [2.24, 2.45) is 0 Å². The average molecular weight is 291 g/mol. The average Bonchev–Trinajstić information content (AvgIpc) is 2.19. The monoisotopic (exact) mass is 290 g/mol. The van der Waals surface area contributed by atoms with Crippen molar-refractivity contribution >= 4 is 27.7 Å². The summed E-state index contributed by atoms with van der Waals surface area (Å²) in [6.07, 6.45) is 0.768. The van der Waals surface area contributed by atoms with Gasteiger partial charge in [-0.3, -0.25) is 4.79 Å². The molecule has 1 aromatic rings. The molecule has 0 aliphatic rings. The number of thioether (sulfide) groups is 1. The van der Waals surface area contributed by atoms with Gasteiger partial charge in [-0.2, -0.15) is 11.8 Å². The largest absolute Gasteiger partial charge is 0.309 e. The normalized spacial score (nSPS) is 11.0. The molecule has 15 heavy (non-hydrogen) atoms. The van der Waals surface area contributed by atoms with Crippen LogP contribution in [0.25, 0.3) is 0 Å². The smallest absolute Gasteiger partial charge is 0.265 e. The summed E-state index contributed by atoms with van der Waals surface area (Å²) < 4.78 is 0.559. The van der Waals surface area contributed by atoms with Crippen molar-refractivity contribution in [2.75, 3.05) is 0 Å². The summed E-state index contributed by atoms with van der Waals surface area (Å²) in [5, 5.41) is 0.545. The highest BCUT2D eigenvalue weighted by Gasteiger charge is 2.07. The Bertz CT molecular complexity index is 389. The molecule has 84 valence electrons. The number of aromatic amines is 1. The van der Waals surface area contributed by atoms with Gasteiger partial charge in [0.25, 0.3) is 5.56 Å². The van der Waals surface area contributed by atoms with Crippen LogP contribution in [0, 0.1) is 0 Å². The first-order valence-electron chi connectivity index (χ1n) is 4.93. The first-order valence-corrected chi connectivity index (χ1v) is 6.78. The summed E-state index contributed by atoms with van der Waals surface area (Å²) in [5.41, 5.74) is 0.749. The first kappa shape index (κ1) is 12.8. The second-order valence-electron chi connectivity index (χ2n) is 3.49. The van der Waals surface area contributed by atoms with Gasteiger partial charge in [-0.1, -0.05) is 20.8 Å². The second kappa shape index (κ2) is 5.70. The van der Waals surface area contributed by atoms with Gasteiger partial charge in [0.05, 0.1) is 11.4 Å². The molecule has 5 heteroatoms. The van der Waals surface area contributed by atoms with E-state index < -0.39 is 0 Å². The molecule has 0 radical (unpaired) electrons. The Balaban J connectivity index is 2.91. The number of aromatic nitrogens is 2. The Labute approximate surface area is 102 Å². The molecular formula is C10H15BrN2OS. The zero-order valence-electron chi connectivity index (χ0n) is 9.13. The van der Waals surface area contributed by atoms with Crippen LogP contribution in [0.5, 0.6) is 0 Å². The van der Waals surface area contributed by atoms with Crippen LogP contribution in [0.4, 0.5) is 0 Å². The summed E-state index contributed by atoms with van der Waals surface area (Å²) in [4.78, 5) is 18.7. The lowest BCUT2D eigenvalue weighted by atomic mass is 10.3. The van der Waals surface area contributed by atoms with Gasteiger partial charge in [0.15, 0.2) is 0 Å². The molecule has 1 rings (SSSR count). The van der Waals surface area contributed by atoms with Crippen LogP contribution in [0.1, 0.15) is 32.3 Å². The summed E-state index contributed by atoms with van der Waals surface area (Å²) in [5.74, 6) is 1.52. The maximum Gasteiger partial charge on any atom is 0.265 e. The van der Waals surface area contributed by atoms with Crippen LogP contribution < -0.4 is 5.56 Å². The zero-order valence-corrected chi connectivity index (χ0v) is 11.5. The predicted octanol–water partition coefficient (Wildman–Crippen LogP) is 2.74. The maximum absolute atomic E-state index is 11.5.